The van der Waals surface area contributed by atoms with E-state index in [9.17, 15) is 0 Å². The van der Waals surface area contributed by atoms with E-state index in [-0.39, 0.29) is 0 Å². The molecular formula is C11H24Si. The van der Waals surface area contributed by atoms with Gasteiger partial charge in [0.1, 0.15) is 0 Å². The third-order valence-electron chi connectivity index (χ3n) is 2.57. The summed E-state index contributed by atoms with van der Waals surface area (Å²) < 4.78 is 0. The van der Waals surface area contributed by atoms with Gasteiger partial charge >= 0.3 is 0 Å². The minimum Gasteiger partial charge on any atom is -0.0896 e. The summed E-state index contributed by atoms with van der Waals surface area (Å²) in [4.78, 5) is 0. The Labute approximate surface area is 80.9 Å². The average molecular weight is 184 g/mol. The van der Waals surface area contributed by atoms with E-state index in [4.69, 9.17) is 0 Å². The van der Waals surface area contributed by atoms with Gasteiger partial charge < -0.3 is 0 Å². The first-order valence-corrected chi connectivity index (χ1v) is 6.08. The summed E-state index contributed by atoms with van der Waals surface area (Å²) in [7, 11) is 1.23. The van der Waals surface area contributed by atoms with Gasteiger partial charge in [-0.1, -0.05) is 52.3 Å². The average Bonchev–Trinajstić information content (AvgIpc) is 1.85. The van der Waals surface area contributed by atoms with E-state index in [0.717, 1.165) is 17.8 Å². The number of hydrogen-bond acceptors (Lipinski definition) is 0. The molecule has 0 N–H and O–H groups in total. The number of allylic oxidation sites excluding steroid dienone is 2. The lowest BCUT2D eigenvalue weighted by molar-refractivity contribution is 0.602. The molecule has 0 nitrogen and oxygen atoms in total. The molecule has 1 heteroatoms. The van der Waals surface area contributed by atoms with Crippen molar-refractivity contribution in [2.24, 2.45) is 17.8 Å². The van der Waals surface area contributed by atoms with E-state index in [0.29, 0.717) is 0 Å². The van der Waals surface area contributed by atoms with Crippen molar-refractivity contribution < 1.29 is 0 Å². The van der Waals surface area contributed by atoms with Crippen LogP contribution in [0.25, 0.3) is 0 Å². The van der Waals surface area contributed by atoms with Crippen molar-refractivity contribution in [3.63, 3.8) is 0 Å². The lowest BCUT2D eigenvalue weighted by Crippen LogP contribution is -2.10. The monoisotopic (exact) mass is 184 g/mol. The fourth-order valence-electron chi connectivity index (χ4n) is 1.91. The molecular weight excluding hydrogens is 160 g/mol. The van der Waals surface area contributed by atoms with E-state index in [1.807, 2.05) is 0 Å². The van der Waals surface area contributed by atoms with Crippen molar-refractivity contribution in [3.05, 3.63) is 10.8 Å². The summed E-state index contributed by atoms with van der Waals surface area (Å²) in [5, 5.41) is 1.72. The Hall–Kier alpha value is -0.0431. The van der Waals surface area contributed by atoms with Crippen LogP contribution in [-0.2, 0) is 0 Å². The first-order chi connectivity index (χ1) is 5.37. The molecule has 0 heterocycles. The molecule has 0 aliphatic rings. The Morgan fingerprint density at radius 2 is 1.08 bits per heavy atom. The van der Waals surface area contributed by atoms with Gasteiger partial charge in [-0.25, -0.2) is 0 Å². The molecule has 12 heavy (non-hydrogen) atoms. The summed E-state index contributed by atoms with van der Waals surface area (Å²) in [6, 6.07) is 0. The second-order valence-corrected chi connectivity index (χ2v) is 5.68. The summed E-state index contributed by atoms with van der Waals surface area (Å²) in [5.74, 6) is 2.23. The Morgan fingerprint density at radius 3 is 1.17 bits per heavy atom. The maximum absolute atomic E-state index is 2.32. The molecule has 0 amide bonds. The van der Waals surface area contributed by atoms with Crippen LogP contribution in [-0.4, -0.2) is 10.2 Å². The van der Waals surface area contributed by atoms with Crippen LogP contribution >= 0.6 is 0 Å². The summed E-state index contributed by atoms with van der Waals surface area (Å²) in [6.07, 6.45) is 0. The topological polar surface area (TPSA) is 0 Å². The predicted molar refractivity (Wildman–Crippen MR) is 61.5 cm³/mol. The highest BCUT2D eigenvalue weighted by molar-refractivity contribution is 6.22. The van der Waals surface area contributed by atoms with Crippen molar-refractivity contribution in [2.45, 2.75) is 41.5 Å². The van der Waals surface area contributed by atoms with Crippen molar-refractivity contribution >= 4 is 10.2 Å². The van der Waals surface area contributed by atoms with Crippen molar-refractivity contribution in [3.8, 4) is 0 Å². The summed E-state index contributed by atoms with van der Waals surface area (Å²) in [6.45, 7) is 13.9. The minimum atomic E-state index is 0.736. The van der Waals surface area contributed by atoms with Gasteiger partial charge in [0.15, 0.2) is 0 Å². The zero-order valence-corrected chi connectivity index (χ0v) is 11.7. The molecule has 0 bridgehead atoms. The van der Waals surface area contributed by atoms with Crippen LogP contribution in [0, 0.1) is 17.8 Å². The van der Waals surface area contributed by atoms with Gasteiger partial charge in [-0.2, -0.15) is 0 Å². The maximum atomic E-state index is 2.32. The third kappa shape index (κ3) is 3.14. The SMILES string of the molecule is CC(C)C([SiH3])=C(C(C)C)C(C)C. The smallest absolute Gasteiger partial charge is 0.0336 e. The maximum Gasteiger partial charge on any atom is 0.0336 e. The van der Waals surface area contributed by atoms with Crippen LogP contribution in [0.5, 0.6) is 0 Å². The summed E-state index contributed by atoms with van der Waals surface area (Å²) in [5.41, 5.74) is 1.71. The van der Waals surface area contributed by atoms with Crippen LogP contribution in [0.15, 0.2) is 10.8 Å². The second-order valence-electron chi connectivity index (χ2n) is 4.60. The zero-order chi connectivity index (χ0) is 9.89. The molecule has 0 aliphatic carbocycles. The van der Waals surface area contributed by atoms with E-state index < -0.39 is 0 Å². The largest absolute Gasteiger partial charge is 0.0896 e. The quantitative estimate of drug-likeness (QED) is 0.591. The van der Waals surface area contributed by atoms with E-state index in [1.54, 1.807) is 10.8 Å². The number of hydrogen-bond donors (Lipinski definition) is 0. The molecule has 0 unspecified atom stereocenters. The number of rotatable bonds is 3. The molecule has 0 aromatic rings. The zero-order valence-electron chi connectivity index (χ0n) is 9.73. The lowest BCUT2D eigenvalue weighted by Gasteiger charge is -2.22. The van der Waals surface area contributed by atoms with Gasteiger partial charge in [0.25, 0.3) is 0 Å². The Balaban J connectivity index is 4.81. The van der Waals surface area contributed by atoms with Gasteiger partial charge in [-0.15, -0.1) is 0 Å². The molecule has 0 saturated carbocycles. The van der Waals surface area contributed by atoms with Gasteiger partial charge in [0, 0.05) is 10.2 Å². The minimum absolute atomic E-state index is 0.736. The summed E-state index contributed by atoms with van der Waals surface area (Å²) >= 11 is 0. The van der Waals surface area contributed by atoms with Gasteiger partial charge in [-0.05, 0) is 17.8 Å². The van der Waals surface area contributed by atoms with Crippen molar-refractivity contribution in [1.82, 2.24) is 0 Å². The molecule has 0 aliphatic heterocycles. The highest BCUT2D eigenvalue weighted by Crippen LogP contribution is 2.25. The third-order valence-corrected chi connectivity index (χ3v) is 4.30. The highest BCUT2D eigenvalue weighted by atomic mass is 28.1. The van der Waals surface area contributed by atoms with E-state index in [2.05, 4.69) is 41.5 Å². The van der Waals surface area contributed by atoms with E-state index in [1.165, 1.54) is 10.2 Å². The van der Waals surface area contributed by atoms with Crippen molar-refractivity contribution in [2.75, 3.05) is 0 Å². The molecule has 0 saturated heterocycles. The van der Waals surface area contributed by atoms with Crippen LogP contribution in [0.1, 0.15) is 41.5 Å². The van der Waals surface area contributed by atoms with Gasteiger partial charge in [0.05, 0.1) is 0 Å². The fourth-order valence-corrected chi connectivity index (χ4v) is 3.07. The van der Waals surface area contributed by atoms with Crippen LogP contribution in [0.2, 0.25) is 0 Å². The highest BCUT2D eigenvalue weighted by Gasteiger charge is 2.12. The van der Waals surface area contributed by atoms with Crippen molar-refractivity contribution in [1.29, 1.82) is 0 Å². The first kappa shape index (κ1) is 12.0. The molecule has 0 rings (SSSR count). The molecule has 72 valence electrons. The standard InChI is InChI=1S/C11H24Si/c1-7(2)10(8(3)4)11(12)9(5)6/h7-9H,1-6,12H3. The van der Waals surface area contributed by atoms with Gasteiger partial charge in [-0.3, -0.25) is 0 Å². The normalized spacial score (nSPS) is 11.8. The Morgan fingerprint density at radius 1 is 0.750 bits per heavy atom. The Bertz CT molecular complexity index is 154. The molecule has 0 aromatic heterocycles. The van der Waals surface area contributed by atoms with E-state index >= 15 is 0 Å². The Kier molecular flexibility index (Phi) is 4.84. The molecule has 0 radical (unpaired) electrons. The lowest BCUT2D eigenvalue weighted by atomic mass is 9.89. The second kappa shape index (κ2) is 4.86. The fraction of sp³-hybridized carbons (Fsp3) is 0.818. The van der Waals surface area contributed by atoms with Crippen LogP contribution in [0.3, 0.4) is 0 Å². The van der Waals surface area contributed by atoms with Crippen LogP contribution < -0.4 is 0 Å². The molecule has 0 fully saturated rings. The molecule has 0 aromatic carbocycles. The predicted octanol–water partition coefficient (Wildman–Crippen LogP) is 2.57. The first-order valence-electron chi connectivity index (χ1n) is 5.08. The molecule has 0 atom stereocenters. The molecule has 0 spiro atoms. The van der Waals surface area contributed by atoms with Crippen LogP contribution in [0.4, 0.5) is 0 Å². The van der Waals surface area contributed by atoms with Gasteiger partial charge in [0.2, 0.25) is 0 Å².